The Morgan fingerprint density at radius 3 is 2.79 bits per heavy atom. The van der Waals surface area contributed by atoms with Crippen LogP contribution in [-0.4, -0.2) is 9.91 Å². The zero-order chi connectivity index (χ0) is 10.1. The van der Waals surface area contributed by atoms with E-state index in [-0.39, 0.29) is 5.69 Å². The molecule has 0 N–H and O–H groups in total. The molecule has 2 rings (SSSR count). The van der Waals surface area contributed by atoms with Crippen molar-refractivity contribution < 1.29 is 4.92 Å². The van der Waals surface area contributed by atoms with Crippen LogP contribution in [-0.2, 0) is 0 Å². The monoisotopic (exact) mass is 300 g/mol. The van der Waals surface area contributed by atoms with Crippen LogP contribution in [0.4, 0.5) is 5.69 Å². The van der Waals surface area contributed by atoms with E-state index < -0.39 is 4.92 Å². The van der Waals surface area contributed by atoms with Crippen LogP contribution in [0.1, 0.15) is 0 Å². The number of nitro groups is 1. The molecule has 0 amide bonds. The van der Waals surface area contributed by atoms with Crippen molar-refractivity contribution in [2.45, 2.75) is 0 Å². The molecule has 0 fully saturated rings. The number of halogens is 1. The molecule has 1 heterocycles. The highest BCUT2D eigenvalue weighted by atomic mass is 127. The lowest BCUT2D eigenvalue weighted by Gasteiger charge is -1.99. The molecular weight excluding hydrogens is 295 g/mol. The van der Waals surface area contributed by atoms with Gasteiger partial charge in [-0.1, -0.05) is 18.2 Å². The summed E-state index contributed by atoms with van der Waals surface area (Å²) in [4.78, 5) is 14.2. The highest BCUT2D eigenvalue weighted by molar-refractivity contribution is 14.1. The number of rotatable bonds is 1. The van der Waals surface area contributed by atoms with E-state index in [9.17, 15) is 10.1 Å². The van der Waals surface area contributed by atoms with Gasteiger partial charge in [0.15, 0.2) is 0 Å². The van der Waals surface area contributed by atoms with E-state index in [1.165, 1.54) is 6.20 Å². The molecule has 0 atom stereocenters. The summed E-state index contributed by atoms with van der Waals surface area (Å²) in [6, 6.07) is 7.37. The first-order valence-corrected chi connectivity index (χ1v) is 4.95. The lowest BCUT2D eigenvalue weighted by Crippen LogP contribution is -1.93. The third-order valence-electron chi connectivity index (χ3n) is 1.89. The van der Waals surface area contributed by atoms with E-state index in [4.69, 9.17) is 0 Å². The summed E-state index contributed by atoms with van der Waals surface area (Å²) in [6.45, 7) is 0. The van der Waals surface area contributed by atoms with Gasteiger partial charge in [-0.05, 0) is 28.7 Å². The van der Waals surface area contributed by atoms with Gasteiger partial charge in [-0.15, -0.1) is 0 Å². The molecule has 0 aliphatic rings. The van der Waals surface area contributed by atoms with Crippen molar-refractivity contribution >= 4 is 39.2 Å². The van der Waals surface area contributed by atoms with Gasteiger partial charge in [-0.3, -0.25) is 10.1 Å². The lowest BCUT2D eigenvalue weighted by molar-refractivity contribution is -0.386. The molecule has 0 aliphatic carbocycles. The molecule has 1 aromatic carbocycles. The summed E-state index contributed by atoms with van der Waals surface area (Å²) in [6.07, 6.45) is 1.30. The maximum atomic E-state index is 10.6. The number of pyridine rings is 1. The maximum absolute atomic E-state index is 10.6. The van der Waals surface area contributed by atoms with Crippen molar-refractivity contribution in [2.75, 3.05) is 0 Å². The second-order valence-corrected chi connectivity index (χ2v) is 3.81. The second kappa shape index (κ2) is 3.49. The minimum absolute atomic E-state index is 0.0595. The maximum Gasteiger partial charge on any atom is 0.301 e. The minimum atomic E-state index is -0.415. The topological polar surface area (TPSA) is 56.0 Å². The highest BCUT2D eigenvalue weighted by Gasteiger charge is 2.14. The molecule has 0 saturated heterocycles. The Bertz CT molecular complexity index is 513. The zero-order valence-corrected chi connectivity index (χ0v) is 9.13. The van der Waals surface area contributed by atoms with E-state index >= 15 is 0 Å². The predicted molar refractivity (Wildman–Crippen MR) is 61.1 cm³/mol. The molecule has 2 aromatic rings. The molecule has 0 bridgehead atoms. The van der Waals surface area contributed by atoms with Crippen LogP contribution in [0.5, 0.6) is 0 Å². The number of para-hydroxylation sites is 1. The van der Waals surface area contributed by atoms with Crippen LogP contribution in [0.25, 0.3) is 10.9 Å². The number of hydrogen-bond donors (Lipinski definition) is 0. The molecular formula is C9H5IN2O2. The van der Waals surface area contributed by atoms with Gasteiger partial charge in [0, 0.05) is 5.39 Å². The quantitative estimate of drug-likeness (QED) is 0.462. The highest BCUT2D eigenvalue weighted by Crippen LogP contribution is 2.26. The van der Waals surface area contributed by atoms with Crippen LogP contribution in [0.15, 0.2) is 30.5 Å². The van der Waals surface area contributed by atoms with E-state index in [0.717, 1.165) is 10.9 Å². The van der Waals surface area contributed by atoms with Crippen LogP contribution in [0, 0.1) is 13.7 Å². The smallest absolute Gasteiger partial charge is 0.258 e. The Kier molecular flexibility index (Phi) is 2.32. The number of fused-ring (bicyclic) bond motifs is 1. The molecule has 70 valence electrons. The fourth-order valence-electron chi connectivity index (χ4n) is 1.22. The third kappa shape index (κ3) is 1.43. The van der Waals surface area contributed by atoms with E-state index in [1.54, 1.807) is 0 Å². The second-order valence-electron chi connectivity index (χ2n) is 2.73. The summed E-state index contributed by atoms with van der Waals surface area (Å²) in [7, 11) is 0. The first-order valence-electron chi connectivity index (χ1n) is 3.88. The molecule has 5 heteroatoms. The van der Waals surface area contributed by atoms with Gasteiger partial charge in [-0.2, -0.15) is 0 Å². The normalized spacial score (nSPS) is 10.4. The van der Waals surface area contributed by atoms with Gasteiger partial charge in [0.1, 0.15) is 9.77 Å². The van der Waals surface area contributed by atoms with Crippen LogP contribution < -0.4 is 0 Å². The van der Waals surface area contributed by atoms with Crippen molar-refractivity contribution in [2.24, 2.45) is 0 Å². The number of nitrogens with zero attached hydrogens (tertiary/aromatic N) is 2. The molecule has 4 nitrogen and oxygen atoms in total. The third-order valence-corrected chi connectivity index (χ3v) is 3.02. The SMILES string of the molecule is O=[N+]([O-])c1cnc2ccccc2c1I. The Hall–Kier alpha value is -1.24. The Labute approximate surface area is 93.2 Å². The van der Waals surface area contributed by atoms with Crippen molar-refractivity contribution in [3.05, 3.63) is 44.1 Å². The van der Waals surface area contributed by atoms with Gasteiger partial charge in [-0.25, -0.2) is 4.98 Å². The lowest BCUT2D eigenvalue weighted by atomic mass is 10.2. The predicted octanol–water partition coefficient (Wildman–Crippen LogP) is 2.75. The standard InChI is InChI=1S/C9H5IN2O2/c10-9-6-3-1-2-4-7(6)11-5-8(9)12(13)14/h1-5H. The summed E-state index contributed by atoms with van der Waals surface area (Å²) >= 11 is 1.97. The van der Waals surface area contributed by atoms with Crippen molar-refractivity contribution in [1.82, 2.24) is 4.98 Å². The summed E-state index contributed by atoms with van der Waals surface area (Å²) < 4.78 is 0.637. The van der Waals surface area contributed by atoms with Gasteiger partial charge in [0.25, 0.3) is 0 Å². The Balaban J connectivity index is 2.81. The number of benzene rings is 1. The zero-order valence-electron chi connectivity index (χ0n) is 6.98. The van der Waals surface area contributed by atoms with Gasteiger partial charge in [0.2, 0.25) is 0 Å². The molecule has 0 aliphatic heterocycles. The summed E-state index contributed by atoms with van der Waals surface area (Å²) in [5.74, 6) is 0. The van der Waals surface area contributed by atoms with Crippen LogP contribution in [0.3, 0.4) is 0 Å². The molecule has 0 radical (unpaired) electrons. The van der Waals surface area contributed by atoms with Crippen LogP contribution in [0.2, 0.25) is 0 Å². The van der Waals surface area contributed by atoms with Gasteiger partial charge in [0.05, 0.1) is 10.4 Å². The molecule has 0 spiro atoms. The molecule has 0 unspecified atom stereocenters. The first-order chi connectivity index (χ1) is 6.70. The molecule has 0 saturated carbocycles. The summed E-state index contributed by atoms with van der Waals surface area (Å²) in [5.41, 5.74) is 0.840. The van der Waals surface area contributed by atoms with E-state index in [0.29, 0.717) is 3.57 Å². The Morgan fingerprint density at radius 2 is 2.07 bits per heavy atom. The minimum Gasteiger partial charge on any atom is -0.258 e. The van der Waals surface area contributed by atoms with Crippen LogP contribution >= 0.6 is 22.6 Å². The number of hydrogen-bond acceptors (Lipinski definition) is 3. The largest absolute Gasteiger partial charge is 0.301 e. The van der Waals surface area contributed by atoms with Crippen molar-refractivity contribution in [3.8, 4) is 0 Å². The number of aromatic nitrogens is 1. The fraction of sp³-hybridized carbons (Fsp3) is 0. The van der Waals surface area contributed by atoms with E-state index in [1.807, 2.05) is 46.9 Å². The Morgan fingerprint density at radius 1 is 1.36 bits per heavy atom. The molecule has 1 aromatic heterocycles. The van der Waals surface area contributed by atoms with Gasteiger partial charge < -0.3 is 0 Å². The average molecular weight is 300 g/mol. The fourth-order valence-corrected chi connectivity index (χ4v) is 2.02. The molecule has 14 heavy (non-hydrogen) atoms. The summed E-state index contributed by atoms with van der Waals surface area (Å²) in [5, 5.41) is 11.4. The van der Waals surface area contributed by atoms with Gasteiger partial charge >= 0.3 is 5.69 Å². The van der Waals surface area contributed by atoms with Crippen molar-refractivity contribution in [3.63, 3.8) is 0 Å². The van der Waals surface area contributed by atoms with E-state index in [2.05, 4.69) is 4.98 Å². The average Bonchev–Trinajstić information content (AvgIpc) is 2.18. The van der Waals surface area contributed by atoms with Crippen molar-refractivity contribution in [1.29, 1.82) is 0 Å². The first kappa shape index (κ1) is 9.32.